The van der Waals surface area contributed by atoms with Crippen molar-refractivity contribution in [3.63, 3.8) is 0 Å². The monoisotopic (exact) mass is 373 g/mol. The Balaban J connectivity index is 1.45. The summed E-state index contributed by atoms with van der Waals surface area (Å²) in [5.74, 6) is 0.0521. The second-order valence-electron chi connectivity index (χ2n) is 6.21. The maximum atomic E-state index is 12.2. The lowest BCUT2D eigenvalue weighted by atomic mass is 10.1. The van der Waals surface area contributed by atoms with Gasteiger partial charge in [-0.1, -0.05) is 6.07 Å². The number of hydrogen-bond donors (Lipinski definition) is 2. The minimum atomic E-state index is -0.518. The van der Waals surface area contributed by atoms with Crippen LogP contribution in [0.25, 0.3) is 0 Å². The topological polar surface area (TPSA) is 101 Å². The second-order valence-corrected chi connectivity index (χ2v) is 7.19. The van der Waals surface area contributed by atoms with Crippen LogP contribution in [0.3, 0.4) is 0 Å². The van der Waals surface area contributed by atoms with Gasteiger partial charge in [0, 0.05) is 35.5 Å². The van der Waals surface area contributed by atoms with Crippen molar-refractivity contribution >= 4 is 28.8 Å². The number of benzene rings is 1. The maximum Gasteiger partial charge on any atom is 0.269 e. The molecule has 1 aliphatic carbocycles. The zero-order chi connectivity index (χ0) is 18.5. The van der Waals surface area contributed by atoms with E-state index >= 15 is 0 Å². The van der Waals surface area contributed by atoms with E-state index in [1.165, 1.54) is 24.3 Å². The molecule has 0 radical (unpaired) electrons. The Morgan fingerprint density at radius 3 is 2.54 bits per heavy atom. The number of nitro groups is 1. The minimum Gasteiger partial charge on any atom is -0.352 e. The van der Waals surface area contributed by atoms with Crippen molar-refractivity contribution in [1.82, 2.24) is 10.6 Å². The Hall–Kier alpha value is -2.74. The van der Waals surface area contributed by atoms with Gasteiger partial charge >= 0.3 is 0 Å². The van der Waals surface area contributed by atoms with Crippen molar-refractivity contribution in [3.8, 4) is 0 Å². The summed E-state index contributed by atoms with van der Waals surface area (Å²) in [5, 5.41) is 18.3. The number of hydrogen-bond acceptors (Lipinski definition) is 5. The van der Waals surface area contributed by atoms with Crippen LogP contribution in [-0.2, 0) is 4.79 Å². The highest BCUT2D eigenvalue weighted by molar-refractivity contribution is 7.10. The molecule has 2 aromatic rings. The van der Waals surface area contributed by atoms with Crippen LogP contribution in [-0.4, -0.2) is 23.3 Å². The SMILES string of the molecule is O=C(CCNC(=O)c1ccc([N+](=O)[O-])cc1)N[C@H](c1cccs1)C1CC1. The Labute approximate surface area is 154 Å². The number of rotatable bonds is 8. The molecule has 0 saturated heterocycles. The smallest absolute Gasteiger partial charge is 0.269 e. The van der Waals surface area contributed by atoms with E-state index in [9.17, 15) is 19.7 Å². The first-order valence-corrected chi connectivity index (χ1v) is 9.28. The van der Waals surface area contributed by atoms with Crippen LogP contribution in [0, 0.1) is 16.0 Å². The molecule has 2 amide bonds. The third kappa shape index (κ3) is 4.66. The third-order valence-electron chi connectivity index (χ3n) is 4.24. The van der Waals surface area contributed by atoms with Gasteiger partial charge in [0.05, 0.1) is 11.0 Å². The number of carbonyl (C=O) groups is 2. The van der Waals surface area contributed by atoms with Crippen LogP contribution in [0.4, 0.5) is 5.69 Å². The molecule has 1 fully saturated rings. The Morgan fingerprint density at radius 2 is 1.96 bits per heavy atom. The molecule has 2 N–H and O–H groups in total. The summed E-state index contributed by atoms with van der Waals surface area (Å²) in [6.07, 6.45) is 2.44. The Kier molecular flexibility index (Phi) is 5.62. The molecular formula is C18H19N3O4S. The van der Waals surface area contributed by atoms with Gasteiger partial charge in [0.1, 0.15) is 0 Å². The lowest BCUT2D eigenvalue weighted by Gasteiger charge is -2.17. The summed E-state index contributed by atoms with van der Waals surface area (Å²) in [6, 6.07) is 9.43. The standard InChI is InChI=1S/C18H19N3O4S/c22-16(20-17(12-3-4-12)15-2-1-11-26-15)9-10-19-18(23)13-5-7-14(8-6-13)21(24)25/h1-2,5-8,11-12,17H,3-4,9-10H2,(H,19,23)(H,20,22)/t17-/m0/s1. The van der Waals surface area contributed by atoms with E-state index in [0.29, 0.717) is 11.5 Å². The predicted octanol–water partition coefficient (Wildman–Crippen LogP) is 3.04. The van der Waals surface area contributed by atoms with Crippen LogP contribution in [0.15, 0.2) is 41.8 Å². The highest BCUT2D eigenvalue weighted by Crippen LogP contribution is 2.42. The molecule has 7 nitrogen and oxygen atoms in total. The van der Waals surface area contributed by atoms with Gasteiger partial charge in [-0.3, -0.25) is 19.7 Å². The molecular weight excluding hydrogens is 354 g/mol. The lowest BCUT2D eigenvalue weighted by molar-refractivity contribution is -0.384. The van der Waals surface area contributed by atoms with Crippen LogP contribution in [0.2, 0.25) is 0 Å². The van der Waals surface area contributed by atoms with Crippen LogP contribution in [0.1, 0.15) is 40.5 Å². The molecule has 0 spiro atoms. The van der Waals surface area contributed by atoms with Gasteiger partial charge in [0.25, 0.3) is 11.6 Å². The third-order valence-corrected chi connectivity index (χ3v) is 5.19. The van der Waals surface area contributed by atoms with Crippen molar-refractivity contribution in [2.45, 2.75) is 25.3 Å². The molecule has 26 heavy (non-hydrogen) atoms. The second kappa shape index (κ2) is 8.09. The zero-order valence-electron chi connectivity index (χ0n) is 14.0. The number of thiophene rings is 1. The highest BCUT2D eigenvalue weighted by Gasteiger charge is 2.33. The molecule has 8 heteroatoms. The molecule has 0 unspecified atom stereocenters. The van der Waals surface area contributed by atoms with E-state index in [2.05, 4.69) is 10.6 Å². The number of amides is 2. The first kappa shape index (κ1) is 18.1. The summed E-state index contributed by atoms with van der Waals surface area (Å²) >= 11 is 1.64. The zero-order valence-corrected chi connectivity index (χ0v) is 14.8. The molecule has 0 aliphatic heterocycles. The van der Waals surface area contributed by atoms with Crippen molar-refractivity contribution < 1.29 is 14.5 Å². The number of non-ortho nitro benzene ring substituents is 1. The largest absolute Gasteiger partial charge is 0.352 e. The Morgan fingerprint density at radius 1 is 1.23 bits per heavy atom. The first-order valence-electron chi connectivity index (χ1n) is 8.40. The summed E-state index contributed by atoms with van der Waals surface area (Å²) < 4.78 is 0. The lowest BCUT2D eigenvalue weighted by Crippen LogP contribution is -2.33. The van der Waals surface area contributed by atoms with E-state index in [0.717, 1.165) is 17.7 Å². The van der Waals surface area contributed by atoms with Crippen molar-refractivity contribution in [3.05, 3.63) is 62.3 Å². The molecule has 1 heterocycles. The highest BCUT2D eigenvalue weighted by atomic mass is 32.1. The molecule has 0 bridgehead atoms. The van der Waals surface area contributed by atoms with Crippen LogP contribution in [0.5, 0.6) is 0 Å². The molecule has 1 atom stereocenters. The van der Waals surface area contributed by atoms with Gasteiger partial charge in [-0.25, -0.2) is 0 Å². The summed E-state index contributed by atoms with van der Waals surface area (Å²) in [4.78, 5) is 35.5. The van der Waals surface area contributed by atoms with Crippen LogP contribution < -0.4 is 10.6 Å². The maximum absolute atomic E-state index is 12.2. The predicted molar refractivity (Wildman–Crippen MR) is 98.0 cm³/mol. The van der Waals surface area contributed by atoms with Gasteiger partial charge in [-0.05, 0) is 42.3 Å². The van der Waals surface area contributed by atoms with Gasteiger partial charge in [0.2, 0.25) is 5.91 Å². The van der Waals surface area contributed by atoms with Gasteiger partial charge < -0.3 is 10.6 Å². The quantitative estimate of drug-likeness (QED) is 0.548. The number of carbonyl (C=O) groups excluding carboxylic acids is 2. The van der Waals surface area contributed by atoms with E-state index < -0.39 is 4.92 Å². The minimum absolute atomic E-state index is 0.0628. The molecule has 1 aromatic carbocycles. The van der Waals surface area contributed by atoms with E-state index in [4.69, 9.17) is 0 Å². The van der Waals surface area contributed by atoms with E-state index in [1.54, 1.807) is 11.3 Å². The van der Waals surface area contributed by atoms with E-state index in [-0.39, 0.29) is 36.5 Å². The number of nitrogens with one attached hydrogen (secondary N) is 2. The Bertz CT molecular complexity index is 785. The fourth-order valence-corrected chi connectivity index (χ4v) is 3.56. The normalized spacial score (nSPS) is 14.5. The summed E-state index contributed by atoms with van der Waals surface area (Å²) in [5.41, 5.74) is 0.256. The van der Waals surface area contributed by atoms with Crippen molar-refractivity contribution in [2.24, 2.45) is 5.92 Å². The van der Waals surface area contributed by atoms with E-state index in [1.807, 2.05) is 17.5 Å². The summed E-state index contributed by atoms with van der Waals surface area (Å²) in [7, 11) is 0. The fourth-order valence-electron chi connectivity index (χ4n) is 2.69. The van der Waals surface area contributed by atoms with Crippen molar-refractivity contribution in [1.29, 1.82) is 0 Å². The van der Waals surface area contributed by atoms with Gasteiger partial charge in [0.15, 0.2) is 0 Å². The van der Waals surface area contributed by atoms with Crippen molar-refractivity contribution in [2.75, 3.05) is 6.54 Å². The fraction of sp³-hybridized carbons (Fsp3) is 0.333. The average molecular weight is 373 g/mol. The van der Waals surface area contributed by atoms with Crippen LogP contribution >= 0.6 is 11.3 Å². The van der Waals surface area contributed by atoms with Gasteiger partial charge in [-0.2, -0.15) is 0 Å². The molecule has 1 saturated carbocycles. The number of nitrogens with zero attached hydrogens (tertiary/aromatic N) is 1. The summed E-state index contributed by atoms with van der Waals surface area (Å²) in [6.45, 7) is 0.212. The number of nitro benzene ring substituents is 1. The molecule has 1 aliphatic rings. The average Bonchev–Trinajstić information content (AvgIpc) is 3.33. The molecule has 1 aromatic heterocycles. The van der Waals surface area contributed by atoms with Gasteiger partial charge in [-0.15, -0.1) is 11.3 Å². The first-order chi connectivity index (χ1) is 12.5. The molecule has 136 valence electrons. The molecule has 3 rings (SSSR count).